The molecule has 8 heteroatoms. The molecule has 3 aromatic rings. The van der Waals surface area contributed by atoms with Gasteiger partial charge in [-0.25, -0.2) is 4.99 Å². The lowest BCUT2D eigenvalue weighted by Crippen LogP contribution is -2.39. The van der Waals surface area contributed by atoms with Gasteiger partial charge in [-0.1, -0.05) is 18.1 Å². The third-order valence-corrected chi connectivity index (χ3v) is 4.26. The van der Waals surface area contributed by atoms with Crippen LogP contribution in [0.5, 0.6) is 0 Å². The van der Waals surface area contributed by atoms with Crippen molar-refractivity contribution in [2.75, 3.05) is 13.1 Å². The highest BCUT2D eigenvalue weighted by molar-refractivity contribution is 5.79. The second-order valence-corrected chi connectivity index (χ2v) is 6.26. The molecule has 3 aromatic heterocycles. The maximum Gasteiger partial charge on any atom is 0.191 e. The van der Waals surface area contributed by atoms with Gasteiger partial charge in [0, 0.05) is 30.8 Å². The highest BCUT2D eigenvalue weighted by Crippen LogP contribution is 2.22. The third-order valence-electron chi connectivity index (χ3n) is 4.26. The zero-order valence-electron chi connectivity index (χ0n) is 15.7. The van der Waals surface area contributed by atoms with Gasteiger partial charge in [-0.15, -0.1) is 10.2 Å². The lowest BCUT2D eigenvalue weighted by Gasteiger charge is -2.15. The Labute approximate surface area is 152 Å². The van der Waals surface area contributed by atoms with Gasteiger partial charge in [0.2, 0.25) is 0 Å². The van der Waals surface area contributed by atoms with Gasteiger partial charge in [-0.2, -0.15) is 0 Å². The molecule has 0 spiro atoms. The van der Waals surface area contributed by atoms with Gasteiger partial charge in [0.25, 0.3) is 0 Å². The van der Waals surface area contributed by atoms with E-state index in [1.165, 1.54) is 0 Å². The van der Waals surface area contributed by atoms with Crippen molar-refractivity contribution in [2.24, 2.45) is 4.99 Å². The Morgan fingerprint density at radius 2 is 2.12 bits per heavy atom. The first-order chi connectivity index (χ1) is 12.6. The van der Waals surface area contributed by atoms with Crippen LogP contribution >= 0.6 is 0 Å². The number of hydrogen-bond acceptors (Lipinski definition) is 5. The minimum absolute atomic E-state index is 0.263. The van der Waals surface area contributed by atoms with E-state index in [1.807, 2.05) is 49.6 Å². The van der Waals surface area contributed by atoms with Crippen LogP contribution in [0, 0.1) is 13.8 Å². The number of rotatable bonds is 6. The molecule has 0 aliphatic carbocycles. The molecule has 0 amide bonds. The van der Waals surface area contributed by atoms with Crippen molar-refractivity contribution in [1.82, 2.24) is 30.4 Å². The summed E-state index contributed by atoms with van der Waals surface area (Å²) in [5, 5.41) is 19.1. The number of aromatic nitrogens is 4. The molecule has 1 atom stereocenters. The zero-order valence-corrected chi connectivity index (χ0v) is 15.7. The van der Waals surface area contributed by atoms with Crippen LogP contribution in [0.25, 0.3) is 5.65 Å². The highest BCUT2D eigenvalue weighted by atomic mass is 16.5. The molecule has 0 saturated carbocycles. The zero-order chi connectivity index (χ0) is 18.5. The van der Waals surface area contributed by atoms with E-state index in [2.05, 4.69) is 37.9 Å². The summed E-state index contributed by atoms with van der Waals surface area (Å²) in [6.45, 7) is 10.1. The molecule has 0 aliphatic rings. The molecule has 1 unspecified atom stereocenters. The van der Waals surface area contributed by atoms with Gasteiger partial charge in [-0.3, -0.25) is 4.40 Å². The van der Waals surface area contributed by atoms with Crippen molar-refractivity contribution in [3.8, 4) is 0 Å². The molecule has 0 aromatic carbocycles. The van der Waals surface area contributed by atoms with Crippen LogP contribution in [0.15, 0.2) is 33.9 Å². The maximum absolute atomic E-state index is 5.27. The number of hydrogen-bond donors (Lipinski definition) is 2. The second kappa shape index (κ2) is 7.99. The lowest BCUT2D eigenvalue weighted by molar-refractivity contribution is 0.391. The Balaban J connectivity index is 1.67. The Morgan fingerprint density at radius 3 is 2.85 bits per heavy atom. The number of pyridine rings is 1. The van der Waals surface area contributed by atoms with E-state index < -0.39 is 0 Å². The van der Waals surface area contributed by atoms with Crippen LogP contribution < -0.4 is 10.6 Å². The van der Waals surface area contributed by atoms with Crippen LogP contribution in [-0.4, -0.2) is 38.8 Å². The molecule has 2 N–H and O–H groups in total. The number of fused-ring (bicyclic) bond motifs is 1. The van der Waals surface area contributed by atoms with Crippen LogP contribution in [0.4, 0.5) is 0 Å². The summed E-state index contributed by atoms with van der Waals surface area (Å²) in [5.41, 5.74) is 2.91. The highest BCUT2D eigenvalue weighted by Gasteiger charge is 2.16. The van der Waals surface area contributed by atoms with E-state index in [4.69, 9.17) is 4.52 Å². The number of nitrogens with one attached hydrogen (secondary N) is 2. The molecule has 3 rings (SSSR count). The summed E-state index contributed by atoms with van der Waals surface area (Å²) >= 11 is 0. The van der Waals surface area contributed by atoms with Gasteiger partial charge in [-0.05, 0) is 32.9 Å². The average Bonchev–Trinajstić information content (AvgIpc) is 3.20. The van der Waals surface area contributed by atoms with Crippen LogP contribution in [0.2, 0.25) is 0 Å². The summed E-state index contributed by atoms with van der Waals surface area (Å²) in [6.07, 6.45) is 1.94. The quantitative estimate of drug-likeness (QED) is 0.520. The Kier molecular flexibility index (Phi) is 5.50. The Bertz CT molecular complexity index is 876. The summed E-state index contributed by atoms with van der Waals surface area (Å²) < 4.78 is 7.21. The standard InChI is InChI=1S/C18H25N7O/c1-5-19-18(20-10-12(2)17-13(3)24-26-14(17)4)21-11-16-23-22-15-8-6-7-9-25(15)16/h6-9,12H,5,10-11H2,1-4H3,(H2,19,20,21). The fraction of sp³-hybridized carbons (Fsp3) is 0.444. The Hall–Kier alpha value is -2.90. The average molecular weight is 355 g/mol. The SMILES string of the molecule is CCNC(=NCc1nnc2ccccn12)NCC(C)c1c(C)noc1C. The molecule has 138 valence electrons. The van der Waals surface area contributed by atoms with Crippen LogP contribution in [0.3, 0.4) is 0 Å². The largest absolute Gasteiger partial charge is 0.361 e. The molecule has 3 heterocycles. The predicted octanol–water partition coefficient (Wildman–Crippen LogP) is 2.19. The van der Waals surface area contributed by atoms with Crippen molar-refractivity contribution in [3.63, 3.8) is 0 Å². The molecule has 0 aliphatic heterocycles. The van der Waals surface area contributed by atoms with Crippen molar-refractivity contribution in [3.05, 3.63) is 47.2 Å². The van der Waals surface area contributed by atoms with Crippen molar-refractivity contribution >= 4 is 11.6 Å². The summed E-state index contributed by atoms with van der Waals surface area (Å²) in [7, 11) is 0. The minimum Gasteiger partial charge on any atom is -0.361 e. The number of guanidine groups is 1. The molecule has 0 bridgehead atoms. The smallest absolute Gasteiger partial charge is 0.191 e. The predicted molar refractivity (Wildman–Crippen MR) is 100 cm³/mol. The van der Waals surface area contributed by atoms with E-state index in [0.717, 1.165) is 47.5 Å². The fourth-order valence-electron chi connectivity index (χ4n) is 3.04. The molecular weight excluding hydrogens is 330 g/mol. The molecule has 0 fully saturated rings. The second-order valence-electron chi connectivity index (χ2n) is 6.26. The third kappa shape index (κ3) is 3.84. The topological polar surface area (TPSA) is 92.6 Å². The van der Waals surface area contributed by atoms with E-state index in [9.17, 15) is 0 Å². The monoisotopic (exact) mass is 355 g/mol. The first-order valence-electron chi connectivity index (χ1n) is 8.83. The summed E-state index contributed by atoms with van der Waals surface area (Å²) in [6, 6.07) is 5.83. The molecule has 26 heavy (non-hydrogen) atoms. The fourth-order valence-corrected chi connectivity index (χ4v) is 3.04. The van der Waals surface area contributed by atoms with Gasteiger partial charge < -0.3 is 15.2 Å². The van der Waals surface area contributed by atoms with Gasteiger partial charge in [0.15, 0.2) is 17.4 Å². The van der Waals surface area contributed by atoms with Crippen LogP contribution in [-0.2, 0) is 6.54 Å². The summed E-state index contributed by atoms with van der Waals surface area (Å²) in [5.74, 6) is 2.68. The number of aryl methyl sites for hydroxylation is 2. The van der Waals surface area contributed by atoms with E-state index in [-0.39, 0.29) is 5.92 Å². The lowest BCUT2D eigenvalue weighted by atomic mass is 10.00. The van der Waals surface area contributed by atoms with E-state index in [0.29, 0.717) is 6.54 Å². The van der Waals surface area contributed by atoms with E-state index >= 15 is 0 Å². The minimum atomic E-state index is 0.263. The van der Waals surface area contributed by atoms with Crippen molar-refractivity contribution in [2.45, 2.75) is 40.2 Å². The summed E-state index contributed by atoms with van der Waals surface area (Å²) in [4.78, 5) is 4.64. The maximum atomic E-state index is 5.27. The van der Waals surface area contributed by atoms with Gasteiger partial charge >= 0.3 is 0 Å². The molecule has 8 nitrogen and oxygen atoms in total. The van der Waals surface area contributed by atoms with Crippen molar-refractivity contribution < 1.29 is 4.52 Å². The van der Waals surface area contributed by atoms with Crippen LogP contribution in [0.1, 0.15) is 42.6 Å². The first-order valence-corrected chi connectivity index (χ1v) is 8.83. The first kappa shape index (κ1) is 17.9. The molecule has 0 radical (unpaired) electrons. The normalized spacial score (nSPS) is 13.2. The van der Waals surface area contributed by atoms with Gasteiger partial charge in [0.1, 0.15) is 12.3 Å². The molecular formula is C18H25N7O. The van der Waals surface area contributed by atoms with Crippen molar-refractivity contribution in [1.29, 1.82) is 0 Å². The van der Waals surface area contributed by atoms with Gasteiger partial charge in [0.05, 0.1) is 5.69 Å². The Morgan fingerprint density at radius 1 is 1.27 bits per heavy atom. The molecule has 0 saturated heterocycles. The van der Waals surface area contributed by atoms with E-state index in [1.54, 1.807) is 0 Å². The number of aliphatic imine (C=N–C) groups is 1. The number of nitrogens with zero attached hydrogens (tertiary/aromatic N) is 5.